The molecule has 0 aliphatic carbocycles. The van der Waals surface area contributed by atoms with Gasteiger partial charge in [-0.15, -0.1) is 0 Å². The number of nitrogens with two attached hydrogens (primary N) is 1. The van der Waals surface area contributed by atoms with E-state index in [2.05, 4.69) is 15.0 Å². The van der Waals surface area contributed by atoms with E-state index in [1.54, 1.807) is 0 Å². The van der Waals surface area contributed by atoms with Gasteiger partial charge in [-0.1, -0.05) is 18.2 Å². The van der Waals surface area contributed by atoms with Crippen LogP contribution in [0.2, 0.25) is 0 Å². The van der Waals surface area contributed by atoms with Gasteiger partial charge in [0.15, 0.2) is 0 Å². The highest BCUT2D eigenvalue weighted by atomic mass is 16.5. The molecular weight excluding hydrogens is 270 g/mol. The Bertz CT molecular complexity index is 602. The molecule has 2 aromatic rings. The minimum absolute atomic E-state index is 0.268. The maximum absolute atomic E-state index is 11.5. The second-order valence-corrected chi connectivity index (χ2v) is 4.20. The fourth-order valence-corrected chi connectivity index (χ4v) is 1.76. The average Bonchev–Trinajstić information content (AvgIpc) is 2.53. The summed E-state index contributed by atoms with van der Waals surface area (Å²) in [5.74, 6) is 0.747. The number of nitrogen functional groups attached to an aromatic ring is 1. The van der Waals surface area contributed by atoms with Crippen LogP contribution in [0.4, 0.5) is 11.5 Å². The number of hydrogen-bond acceptors (Lipinski definition) is 6. The Morgan fingerprint density at radius 3 is 2.76 bits per heavy atom. The SMILES string of the molecule is COC(=O)c1ccnc(NCCOc2ccccc2)c1N. The van der Waals surface area contributed by atoms with E-state index in [0.717, 1.165) is 5.75 Å². The van der Waals surface area contributed by atoms with E-state index in [1.807, 2.05) is 30.3 Å². The van der Waals surface area contributed by atoms with Gasteiger partial charge in [-0.25, -0.2) is 9.78 Å². The number of benzene rings is 1. The van der Waals surface area contributed by atoms with Crippen molar-refractivity contribution in [2.45, 2.75) is 0 Å². The lowest BCUT2D eigenvalue weighted by atomic mass is 10.2. The predicted octanol–water partition coefficient (Wildman–Crippen LogP) is 1.94. The molecule has 3 N–H and O–H groups in total. The number of carbonyl (C=O) groups excluding carboxylic acids is 1. The molecule has 0 aliphatic rings. The van der Waals surface area contributed by atoms with Crippen LogP contribution in [0.25, 0.3) is 0 Å². The number of rotatable bonds is 6. The van der Waals surface area contributed by atoms with Crippen LogP contribution in [-0.2, 0) is 4.74 Å². The van der Waals surface area contributed by atoms with Crippen LogP contribution in [0, 0.1) is 0 Å². The Balaban J connectivity index is 1.90. The molecule has 0 spiro atoms. The van der Waals surface area contributed by atoms with Crippen molar-refractivity contribution in [1.82, 2.24) is 4.98 Å². The van der Waals surface area contributed by atoms with Gasteiger partial charge in [-0.2, -0.15) is 0 Å². The number of anilines is 2. The second kappa shape index (κ2) is 7.14. The first-order valence-electron chi connectivity index (χ1n) is 6.47. The highest BCUT2D eigenvalue weighted by Crippen LogP contribution is 2.20. The summed E-state index contributed by atoms with van der Waals surface area (Å²) in [6.45, 7) is 0.963. The monoisotopic (exact) mass is 287 g/mol. The number of pyridine rings is 1. The third-order valence-electron chi connectivity index (χ3n) is 2.80. The first-order valence-corrected chi connectivity index (χ1v) is 6.47. The molecule has 0 amide bonds. The van der Waals surface area contributed by atoms with Gasteiger partial charge in [0.1, 0.15) is 18.2 Å². The van der Waals surface area contributed by atoms with Crippen LogP contribution in [0.3, 0.4) is 0 Å². The van der Waals surface area contributed by atoms with E-state index in [-0.39, 0.29) is 5.69 Å². The standard InChI is InChI=1S/C15H17N3O3/c1-20-15(19)12-7-8-17-14(13(12)16)18-9-10-21-11-5-3-2-4-6-11/h2-8H,9-10,16H2,1H3,(H,17,18). The van der Waals surface area contributed by atoms with Gasteiger partial charge in [0.25, 0.3) is 0 Å². The Morgan fingerprint density at radius 1 is 1.29 bits per heavy atom. The van der Waals surface area contributed by atoms with Crippen molar-refractivity contribution in [3.05, 3.63) is 48.2 Å². The van der Waals surface area contributed by atoms with Crippen molar-refractivity contribution in [2.75, 3.05) is 31.3 Å². The normalized spacial score (nSPS) is 9.95. The molecule has 0 aliphatic heterocycles. The molecule has 0 saturated carbocycles. The summed E-state index contributed by atoms with van der Waals surface area (Å²) in [5, 5.41) is 3.03. The third-order valence-corrected chi connectivity index (χ3v) is 2.80. The van der Waals surface area contributed by atoms with Crippen molar-refractivity contribution in [2.24, 2.45) is 0 Å². The van der Waals surface area contributed by atoms with Crippen LogP contribution in [0.1, 0.15) is 10.4 Å². The van der Waals surface area contributed by atoms with Crippen molar-refractivity contribution < 1.29 is 14.3 Å². The summed E-state index contributed by atoms with van der Waals surface area (Å²) in [4.78, 5) is 15.6. The molecule has 1 aromatic heterocycles. The zero-order valence-electron chi connectivity index (χ0n) is 11.7. The summed E-state index contributed by atoms with van der Waals surface area (Å²) in [5.41, 5.74) is 6.44. The van der Waals surface area contributed by atoms with Crippen molar-refractivity contribution in [3.63, 3.8) is 0 Å². The fourth-order valence-electron chi connectivity index (χ4n) is 1.76. The van der Waals surface area contributed by atoms with Gasteiger partial charge in [0.05, 0.1) is 24.9 Å². The molecule has 0 saturated heterocycles. The molecule has 0 atom stereocenters. The number of hydrogen-bond donors (Lipinski definition) is 2. The largest absolute Gasteiger partial charge is 0.492 e. The number of nitrogens with zero attached hydrogens (tertiary/aromatic N) is 1. The smallest absolute Gasteiger partial charge is 0.340 e. The van der Waals surface area contributed by atoms with Crippen LogP contribution in [-0.4, -0.2) is 31.2 Å². The zero-order valence-corrected chi connectivity index (χ0v) is 11.7. The summed E-state index contributed by atoms with van der Waals surface area (Å²) in [6, 6.07) is 11.0. The van der Waals surface area contributed by atoms with Gasteiger partial charge in [0.2, 0.25) is 0 Å². The third kappa shape index (κ3) is 3.85. The molecule has 21 heavy (non-hydrogen) atoms. The molecule has 2 rings (SSSR count). The minimum Gasteiger partial charge on any atom is -0.492 e. The highest BCUT2D eigenvalue weighted by Gasteiger charge is 2.13. The number of nitrogens with one attached hydrogen (secondary N) is 1. The van der Waals surface area contributed by atoms with Crippen LogP contribution >= 0.6 is 0 Å². The van der Waals surface area contributed by atoms with Gasteiger partial charge < -0.3 is 20.5 Å². The number of methoxy groups -OCH3 is 1. The Hall–Kier alpha value is -2.76. The zero-order chi connectivity index (χ0) is 15.1. The van der Waals surface area contributed by atoms with Gasteiger partial charge in [0, 0.05) is 6.20 Å². The van der Waals surface area contributed by atoms with E-state index >= 15 is 0 Å². The Morgan fingerprint density at radius 2 is 2.05 bits per heavy atom. The van der Waals surface area contributed by atoms with Crippen molar-refractivity contribution in [3.8, 4) is 5.75 Å². The Labute approximate surface area is 122 Å². The minimum atomic E-state index is -0.488. The number of esters is 1. The van der Waals surface area contributed by atoms with Crippen LogP contribution < -0.4 is 15.8 Å². The van der Waals surface area contributed by atoms with E-state index in [9.17, 15) is 4.79 Å². The molecule has 6 nitrogen and oxygen atoms in total. The molecule has 0 unspecified atom stereocenters. The molecule has 1 aromatic carbocycles. The highest BCUT2D eigenvalue weighted by molar-refractivity contribution is 5.97. The molecule has 110 valence electrons. The lowest BCUT2D eigenvalue weighted by Crippen LogP contribution is -2.15. The summed E-state index contributed by atoms with van der Waals surface area (Å²) in [7, 11) is 1.31. The molecule has 0 bridgehead atoms. The number of carbonyl (C=O) groups is 1. The number of para-hydroxylation sites is 1. The van der Waals surface area contributed by atoms with Crippen LogP contribution in [0.15, 0.2) is 42.6 Å². The van der Waals surface area contributed by atoms with Crippen molar-refractivity contribution in [1.29, 1.82) is 0 Å². The molecule has 1 heterocycles. The maximum Gasteiger partial charge on any atom is 0.340 e. The number of aromatic nitrogens is 1. The first-order chi connectivity index (χ1) is 10.2. The summed E-state index contributed by atoms with van der Waals surface area (Å²) < 4.78 is 10.2. The quantitative estimate of drug-likeness (QED) is 0.623. The van der Waals surface area contributed by atoms with E-state index in [1.165, 1.54) is 19.4 Å². The van der Waals surface area contributed by atoms with E-state index in [4.69, 9.17) is 10.5 Å². The molecule has 6 heteroatoms. The lowest BCUT2D eigenvalue weighted by Gasteiger charge is -2.11. The lowest BCUT2D eigenvalue weighted by molar-refractivity contribution is 0.0602. The van der Waals surface area contributed by atoms with Gasteiger partial charge >= 0.3 is 5.97 Å². The number of ether oxygens (including phenoxy) is 2. The molecule has 0 fully saturated rings. The average molecular weight is 287 g/mol. The van der Waals surface area contributed by atoms with Gasteiger partial charge in [-0.3, -0.25) is 0 Å². The second-order valence-electron chi connectivity index (χ2n) is 4.20. The summed E-state index contributed by atoms with van der Waals surface area (Å²) in [6.07, 6.45) is 1.50. The molecular formula is C15H17N3O3. The Kier molecular flexibility index (Phi) is 4.98. The molecule has 0 radical (unpaired) electrons. The van der Waals surface area contributed by atoms with Crippen LogP contribution in [0.5, 0.6) is 5.75 Å². The van der Waals surface area contributed by atoms with Crippen molar-refractivity contribution >= 4 is 17.5 Å². The van der Waals surface area contributed by atoms with E-state index < -0.39 is 5.97 Å². The predicted molar refractivity (Wildman–Crippen MR) is 80.4 cm³/mol. The summed E-state index contributed by atoms with van der Waals surface area (Å²) >= 11 is 0. The maximum atomic E-state index is 11.5. The fraction of sp³-hybridized carbons (Fsp3) is 0.200. The topological polar surface area (TPSA) is 86.5 Å². The first kappa shape index (κ1) is 14.6. The van der Waals surface area contributed by atoms with Gasteiger partial charge in [-0.05, 0) is 18.2 Å². The van der Waals surface area contributed by atoms with E-state index in [0.29, 0.717) is 24.5 Å².